The molecule has 8 nitrogen and oxygen atoms in total. The van der Waals surface area contributed by atoms with E-state index in [-0.39, 0.29) is 46.9 Å². The van der Waals surface area contributed by atoms with Gasteiger partial charge in [-0.25, -0.2) is 18.6 Å². The fourth-order valence-corrected chi connectivity index (χ4v) is 3.46. The van der Waals surface area contributed by atoms with E-state index in [0.29, 0.717) is 18.7 Å². The number of hydrogen-bond donors (Lipinski definition) is 4. The molecule has 5 N–H and O–H groups in total. The molecule has 1 amide bonds. The molecule has 0 atom stereocenters. The number of nitrogens with one attached hydrogen (secondary N) is 2. The zero-order chi connectivity index (χ0) is 22.5. The molecule has 2 aromatic carbocycles. The number of amides is 1. The lowest BCUT2D eigenvalue weighted by molar-refractivity contribution is 0.0690. The van der Waals surface area contributed by atoms with E-state index in [1.54, 1.807) is 11.3 Å². The molecule has 0 aliphatic heterocycles. The first-order valence-electron chi connectivity index (χ1n) is 8.57. The Kier molecular flexibility index (Phi) is 10.6. The van der Waals surface area contributed by atoms with E-state index in [4.69, 9.17) is 22.4 Å². The number of anilines is 1. The largest absolute Gasteiger partial charge is 0.477 e. The summed E-state index contributed by atoms with van der Waals surface area (Å²) < 4.78 is 27.1. The van der Waals surface area contributed by atoms with Crippen molar-refractivity contribution >= 4 is 75.7 Å². The number of thiazole rings is 1. The van der Waals surface area contributed by atoms with Crippen LogP contribution in [-0.4, -0.2) is 32.2 Å². The maximum Gasteiger partial charge on any atom is 0.353 e. The number of benzene rings is 2. The summed E-state index contributed by atoms with van der Waals surface area (Å²) in [4.78, 5) is 26.7. The third-order valence-electron chi connectivity index (χ3n) is 3.82. The van der Waals surface area contributed by atoms with Crippen molar-refractivity contribution in [2.75, 3.05) is 5.32 Å². The second kappa shape index (κ2) is 12.4. The first kappa shape index (κ1) is 28.2. The predicted molar refractivity (Wildman–Crippen MR) is 127 cm³/mol. The number of carbonyl (C=O) groups excluding carboxylic acids is 1. The summed E-state index contributed by atoms with van der Waals surface area (Å²) in [5, 5.41) is 17.3. The smallest absolute Gasteiger partial charge is 0.353 e. The van der Waals surface area contributed by atoms with Gasteiger partial charge in [-0.2, -0.15) is 5.10 Å². The van der Waals surface area contributed by atoms with E-state index in [0.717, 1.165) is 16.6 Å². The Hall–Kier alpha value is -2.83. The third-order valence-corrected chi connectivity index (χ3v) is 5.19. The molecule has 0 bridgehead atoms. The normalized spacial score (nSPS) is 9.82. The van der Waals surface area contributed by atoms with Gasteiger partial charge >= 0.3 is 5.97 Å². The Bertz CT molecular complexity index is 1240. The molecule has 0 saturated carbocycles. The number of carbonyl (C=O) groups is 2. The minimum absolute atomic E-state index is 0. The number of nitrogens with two attached hydrogens (primary N) is 1. The van der Waals surface area contributed by atoms with Crippen LogP contribution in [0.1, 0.15) is 25.9 Å². The third kappa shape index (κ3) is 7.07. The number of hydrogen-bond acceptors (Lipinski definition) is 6. The molecule has 2 heterocycles. The average Bonchev–Trinajstić information content (AvgIpc) is 3.37. The Morgan fingerprint density at radius 2 is 1.82 bits per heavy atom. The van der Waals surface area contributed by atoms with E-state index in [1.165, 1.54) is 4.70 Å². The second-order valence-corrected chi connectivity index (χ2v) is 7.47. The summed E-state index contributed by atoms with van der Waals surface area (Å²) in [5.74, 6) is -4.61. The number of rotatable bonds is 4. The number of fused-ring (bicyclic) bond motifs is 1. The topological polar surface area (TPSA) is 134 Å². The second-order valence-electron chi connectivity index (χ2n) is 5.95. The standard InChI is InChI=1S/C11H6ClF2N3O3.C8H8N2S.2ClH/c12-5-2-7(14)6(13)1-4(5)10(18)15-9-3-8(11(19)20)16-17-9;9-5-8-10-6-3-1-2-4-7(6)11-8;;/h1-3H,(H,19,20)(H2,15,16,17,18);1-4H,5,9H2;2*1H. The summed E-state index contributed by atoms with van der Waals surface area (Å²) in [5.41, 5.74) is 5.98. The van der Waals surface area contributed by atoms with Crippen LogP contribution < -0.4 is 11.1 Å². The van der Waals surface area contributed by atoms with Crippen LogP contribution in [0.2, 0.25) is 5.02 Å². The van der Waals surface area contributed by atoms with Gasteiger partial charge in [0.25, 0.3) is 5.91 Å². The molecular formula is C19H16Cl3F2N5O3S. The molecule has 176 valence electrons. The highest BCUT2D eigenvalue weighted by molar-refractivity contribution is 7.18. The quantitative estimate of drug-likeness (QED) is 0.273. The SMILES string of the molecule is Cl.Cl.NCc1nc2ccccc2s1.O=C(O)c1cc(NC(=O)c2cc(F)c(F)cc2Cl)n[nH]1. The van der Waals surface area contributed by atoms with Gasteiger partial charge in [-0.15, -0.1) is 36.2 Å². The van der Waals surface area contributed by atoms with Crippen LogP contribution in [0, 0.1) is 11.6 Å². The summed E-state index contributed by atoms with van der Waals surface area (Å²) in [6.07, 6.45) is 0. The van der Waals surface area contributed by atoms with Gasteiger partial charge < -0.3 is 16.2 Å². The number of halogens is 5. The Labute approximate surface area is 207 Å². The van der Waals surface area contributed by atoms with E-state index < -0.39 is 23.5 Å². The lowest BCUT2D eigenvalue weighted by atomic mass is 10.2. The van der Waals surface area contributed by atoms with Crippen LogP contribution >= 0.6 is 47.8 Å². The van der Waals surface area contributed by atoms with Crippen molar-refractivity contribution in [1.29, 1.82) is 0 Å². The highest BCUT2D eigenvalue weighted by Gasteiger charge is 2.17. The van der Waals surface area contributed by atoms with Gasteiger partial charge in [0.15, 0.2) is 17.5 Å². The average molecular weight is 539 g/mol. The van der Waals surface area contributed by atoms with Crippen molar-refractivity contribution in [3.8, 4) is 0 Å². The predicted octanol–water partition coefficient (Wildman–Crippen LogP) is 4.89. The number of carboxylic acids is 1. The lowest BCUT2D eigenvalue weighted by Crippen LogP contribution is -2.13. The van der Waals surface area contributed by atoms with Crippen molar-refractivity contribution in [2.45, 2.75) is 6.54 Å². The number of aromatic nitrogens is 3. The molecule has 0 radical (unpaired) electrons. The Morgan fingerprint density at radius 1 is 1.15 bits per heavy atom. The van der Waals surface area contributed by atoms with Gasteiger partial charge in [0, 0.05) is 12.6 Å². The van der Waals surface area contributed by atoms with Gasteiger partial charge in [0.05, 0.1) is 20.8 Å². The van der Waals surface area contributed by atoms with E-state index >= 15 is 0 Å². The molecule has 4 aromatic rings. The van der Waals surface area contributed by atoms with Crippen LogP contribution in [0.4, 0.5) is 14.6 Å². The molecule has 33 heavy (non-hydrogen) atoms. The number of aromatic carboxylic acids is 1. The van der Waals surface area contributed by atoms with Crippen molar-refractivity contribution in [3.05, 3.63) is 75.4 Å². The highest BCUT2D eigenvalue weighted by atomic mass is 35.5. The Morgan fingerprint density at radius 3 is 2.42 bits per heavy atom. The van der Waals surface area contributed by atoms with Crippen LogP contribution in [0.15, 0.2) is 42.5 Å². The fourth-order valence-electron chi connectivity index (χ4n) is 2.38. The summed E-state index contributed by atoms with van der Waals surface area (Å²) in [7, 11) is 0. The minimum atomic E-state index is -1.26. The summed E-state index contributed by atoms with van der Waals surface area (Å²) in [6, 6.07) is 10.4. The van der Waals surface area contributed by atoms with Crippen molar-refractivity contribution in [3.63, 3.8) is 0 Å². The number of carboxylic acid groups (broad SMARTS) is 1. The summed E-state index contributed by atoms with van der Waals surface area (Å²) >= 11 is 7.29. The Balaban J connectivity index is 0.000000357. The van der Waals surface area contributed by atoms with E-state index in [2.05, 4.69) is 26.6 Å². The molecule has 14 heteroatoms. The molecular weight excluding hydrogens is 523 g/mol. The van der Waals surface area contributed by atoms with Crippen LogP contribution in [0.3, 0.4) is 0 Å². The maximum atomic E-state index is 13.1. The lowest BCUT2D eigenvalue weighted by Gasteiger charge is -2.04. The number of H-pyrrole nitrogens is 1. The molecule has 2 aromatic heterocycles. The van der Waals surface area contributed by atoms with E-state index in [1.807, 2.05) is 18.2 Å². The van der Waals surface area contributed by atoms with Crippen LogP contribution in [-0.2, 0) is 6.54 Å². The van der Waals surface area contributed by atoms with Crippen molar-refractivity contribution in [2.24, 2.45) is 5.73 Å². The molecule has 0 unspecified atom stereocenters. The minimum Gasteiger partial charge on any atom is -0.477 e. The van der Waals surface area contributed by atoms with Gasteiger partial charge in [0.2, 0.25) is 0 Å². The first-order valence-corrected chi connectivity index (χ1v) is 9.77. The number of aromatic amines is 1. The molecule has 0 fully saturated rings. The highest BCUT2D eigenvalue weighted by Crippen LogP contribution is 2.22. The van der Waals surface area contributed by atoms with Crippen LogP contribution in [0.5, 0.6) is 0 Å². The van der Waals surface area contributed by atoms with Crippen LogP contribution in [0.25, 0.3) is 10.2 Å². The van der Waals surface area contributed by atoms with Gasteiger partial charge in [-0.05, 0) is 24.3 Å². The zero-order valence-corrected chi connectivity index (χ0v) is 19.5. The maximum absolute atomic E-state index is 13.1. The van der Waals surface area contributed by atoms with E-state index in [9.17, 15) is 18.4 Å². The van der Waals surface area contributed by atoms with Gasteiger partial charge in [-0.3, -0.25) is 9.89 Å². The van der Waals surface area contributed by atoms with Gasteiger partial charge in [0.1, 0.15) is 10.7 Å². The van der Waals surface area contributed by atoms with Gasteiger partial charge in [-0.1, -0.05) is 23.7 Å². The van der Waals surface area contributed by atoms with Crippen molar-refractivity contribution in [1.82, 2.24) is 15.2 Å². The summed E-state index contributed by atoms with van der Waals surface area (Å²) in [6.45, 7) is 0.541. The molecule has 4 rings (SSSR count). The number of nitrogens with zero attached hydrogens (tertiary/aromatic N) is 2. The molecule has 0 aliphatic rings. The molecule has 0 spiro atoms. The zero-order valence-electron chi connectivity index (χ0n) is 16.3. The molecule has 0 saturated heterocycles. The molecule has 0 aliphatic carbocycles. The monoisotopic (exact) mass is 537 g/mol. The first-order chi connectivity index (χ1) is 14.8. The fraction of sp³-hybridized carbons (Fsp3) is 0.0526. The number of para-hydroxylation sites is 1. The van der Waals surface area contributed by atoms with Crippen molar-refractivity contribution < 1.29 is 23.5 Å².